The Morgan fingerprint density at radius 1 is 0.600 bits per heavy atom. The molecule has 0 spiro atoms. The van der Waals surface area contributed by atoms with Crippen molar-refractivity contribution in [2.45, 2.75) is 110 Å². The number of hydrogen-bond acceptors (Lipinski definition) is 20. The minimum Gasteiger partial charge on any atom is -0.467 e. The lowest BCUT2D eigenvalue weighted by Crippen LogP contribution is -2.31. The van der Waals surface area contributed by atoms with Gasteiger partial charge in [0.05, 0.1) is 43.5 Å². The second-order valence-electron chi connectivity index (χ2n) is 17.3. The van der Waals surface area contributed by atoms with E-state index in [1.54, 1.807) is 24.3 Å². The van der Waals surface area contributed by atoms with Gasteiger partial charge in [-0.1, -0.05) is 73.2 Å². The predicted octanol–water partition coefficient (Wildman–Crippen LogP) is 10.6. The molecule has 0 atom stereocenters. The molecular formula is C54H56N2O15S4. The van der Waals surface area contributed by atoms with Crippen molar-refractivity contribution in [3.05, 3.63) is 93.4 Å². The van der Waals surface area contributed by atoms with E-state index in [1.165, 1.54) is 13.0 Å². The zero-order valence-corrected chi connectivity index (χ0v) is 44.6. The van der Waals surface area contributed by atoms with E-state index < -0.39 is 35.8 Å². The smallest absolute Gasteiger partial charge is 0.350 e. The molecule has 0 bridgehead atoms. The third kappa shape index (κ3) is 16.1. The van der Waals surface area contributed by atoms with Gasteiger partial charge >= 0.3 is 41.8 Å². The molecule has 17 nitrogen and oxygen atoms in total. The number of hydrogen-bond donors (Lipinski definition) is 0. The molecule has 2 saturated carbocycles. The van der Waals surface area contributed by atoms with Crippen LogP contribution in [0.1, 0.15) is 84.0 Å². The van der Waals surface area contributed by atoms with Crippen LogP contribution in [0.2, 0.25) is 0 Å². The maximum atomic E-state index is 14.1. The fourth-order valence-electron chi connectivity index (χ4n) is 8.78. The number of ether oxygens (including phenoxy) is 8. The summed E-state index contributed by atoms with van der Waals surface area (Å²) in [6.45, 7) is 19.2. The van der Waals surface area contributed by atoms with Crippen molar-refractivity contribution in [1.82, 2.24) is 0 Å². The fraction of sp³-hybridized carbons (Fsp3) is 0.426. The standard InChI is InChI=1S/C54H56N2O15S4/c1-6-42(58)65-26-12-10-9-11-25-64-36-19-17-34(18-20-36)33-13-15-35(16-14-33)50(61)71-41-24-22-38(47-49(41)75-54(73-47)45(56-5)52(63)69-30-28-67-44(60)8-3)37-21-23-40(70-32(4)57)48-46(37)72-53(74-48)39(31-55)51(62)68-29-27-66-43(59)7-2/h6-8,21-24,33-36H,1-3,9-20,25-30H2,4H3. The van der Waals surface area contributed by atoms with Crippen LogP contribution in [0.3, 0.4) is 0 Å². The summed E-state index contributed by atoms with van der Waals surface area (Å²) in [5.41, 5.74) is 0.438. The van der Waals surface area contributed by atoms with Crippen LogP contribution >= 0.6 is 47.0 Å². The van der Waals surface area contributed by atoms with Crippen molar-refractivity contribution in [3.8, 4) is 28.7 Å². The highest BCUT2D eigenvalue weighted by Crippen LogP contribution is 2.63. The number of carbonyl (C=O) groups is 7. The number of fused-ring (bicyclic) bond motifs is 2. The number of esters is 7. The molecule has 0 radical (unpaired) electrons. The van der Waals surface area contributed by atoms with Crippen molar-refractivity contribution in [2.75, 3.05) is 39.6 Å². The Morgan fingerprint density at radius 3 is 1.60 bits per heavy atom. The van der Waals surface area contributed by atoms with Gasteiger partial charge in [0.25, 0.3) is 5.70 Å². The zero-order valence-electron chi connectivity index (χ0n) is 41.4. The average molecular weight is 1100 g/mol. The van der Waals surface area contributed by atoms with Gasteiger partial charge in [-0.3, -0.25) is 14.4 Å². The van der Waals surface area contributed by atoms with E-state index in [1.807, 2.05) is 6.07 Å². The van der Waals surface area contributed by atoms with Gasteiger partial charge in [0.2, 0.25) is 0 Å². The molecule has 2 heterocycles. The summed E-state index contributed by atoms with van der Waals surface area (Å²) in [7, 11) is 0. The SMILES string of the molecule is [C-]#[N+]C(C(=O)OCCOC(=O)C=C)=C1Sc2c(OC(=O)C3CCC(C4CCC(OCCCCCCOC(=O)C=C)CC4)CC3)ccc(-c3ccc(OC(C)=O)c4c3SC(=C(C#N)C(=O)OCCOC(=O)C=C)S4)c2S1. The molecule has 2 aliphatic heterocycles. The summed E-state index contributed by atoms with van der Waals surface area (Å²) in [5.74, 6) is -3.65. The number of benzene rings is 2. The first-order chi connectivity index (χ1) is 36.3. The number of nitrogens with zero attached hydrogens (tertiary/aromatic N) is 2. The Morgan fingerprint density at radius 2 is 1.07 bits per heavy atom. The predicted molar refractivity (Wildman–Crippen MR) is 280 cm³/mol. The molecule has 0 saturated heterocycles. The monoisotopic (exact) mass is 1100 g/mol. The number of unbranched alkanes of at least 4 members (excludes halogenated alkanes) is 3. The lowest BCUT2D eigenvalue weighted by atomic mass is 9.70. The van der Waals surface area contributed by atoms with E-state index in [0.29, 0.717) is 68.6 Å². The highest BCUT2D eigenvalue weighted by Gasteiger charge is 2.38. The minimum absolute atomic E-state index is 0.162. The first kappa shape index (κ1) is 58.0. The molecule has 0 N–H and O–H groups in total. The molecule has 0 amide bonds. The maximum absolute atomic E-state index is 14.1. The van der Waals surface area contributed by atoms with Crippen LogP contribution < -0.4 is 9.47 Å². The molecule has 2 aromatic carbocycles. The molecule has 6 rings (SSSR count). The molecule has 75 heavy (non-hydrogen) atoms. The first-order valence-electron chi connectivity index (χ1n) is 24.3. The van der Waals surface area contributed by atoms with Crippen LogP contribution in [0.4, 0.5) is 0 Å². The van der Waals surface area contributed by atoms with E-state index in [9.17, 15) is 38.8 Å². The first-order valence-corrected chi connectivity index (χ1v) is 27.6. The lowest BCUT2D eigenvalue weighted by molar-refractivity contribution is -0.146. The molecule has 21 heteroatoms. The van der Waals surface area contributed by atoms with Crippen LogP contribution in [0.25, 0.3) is 16.0 Å². The van der Waals surface area contributed by atoms with Crippen LogP contribution in [-0.4, -0.2) is 87.5 Å². The molecule has 0 unspecified atom stereocenters. The van der Waals surface area contributed by atoms with Gasteiger partial charge in [-0.05, 0) is 118 Å². The average Bonchev–Trinajstić information content (AvgIpc) is 4.08. The topological polar surface area (TPSA) is 221 Å². The van der Waals surface area contributed by atoms with Crippen LogP contribution in [0.5, 0.6) is 11.5 Å². The quantitative estimate of drug-likeness (QED) is 0.0181. The molecule has 0 aromatic heterocycles. The summed E-state index contributed by atoms with van der Waals surface area (Å²) >= 11 is 4.25. The molecular weight excluding hydrogens is 1040 g/mol. The Hall–Kier alpha value is -6.23. The summed E-state index contributed by atoms with van der Waals surface area (Å²) in [6, 6.07) is 8.57. The number of nitriles is 1. The van der Waals surface area contributed by atoms with Crippen LogP contribution in [0, 0.1) is 35.7 Å². The largest absolute Gasteiger partial charge is 0.467 e. The summed E-state index contributed by atoms with van der Waals surface area (Å²) < 4.78 is 43.8. The third-order valence-electron chi connectivity index (χ3n) is 12.5. The normalized spacial score (nSPS) is 19.8. The van der Waals surface area contributed by atoms with Gasteiger partial charge in [0, 0.05) is 41.5 Å². The summed E-state index contributed by atoms with van der Waals surface area (Å²) in [4.78, 5) is 92.6. The fourth-order valence-corrected chi connectivity index (χ4v) is 14.1. The van der Waals surface area contributed by atoms with E-state index in [0.717, 1.165) is 123 Å². The molecule has 2 fully saturated rings. The maximum Gasteiger partial charge on any atom is 0.350 e. The van der Waals surface area contributed by atoms with Gasteiger partial charge in [0.1, 0.15) is 44.0 Å². The summed E-state index contributed by atoms with van der Waals surface area (Å²) in [5, 5.41) is 10.2. The van der Waals surface area contributed by atoms with E-state index >= 15 is 0 Å². The van der Waals surface area contributed by atoms with Crippen molar-refractivity contribution in [1.29, 1.82) is 5.26 Å². The van der Waals surface area contributed by atoms with E-state index in [2.05, 4.69) is 24.6 Å². The van der Waals surface area contributed by atoms with Gasteiger partial charge < -0.3 is 37.9 Å². The van der Waals surface area contributed by atoms with Crippen LogP contribution in [0.15, 0.2) is 102 Å². The Kier molecular flexibility index (Phi) is 22.6. The Bertz CT molecular complexity index is 2710. The van der Waals surface area contributed by atoms with Gasteiger partial charge in [-0.15, -0.1) is 0 Å². The van der Waals surface area contributed by atoms with Gasteiger partial charge in [-0.25, -0.2) is 24.0 Å². The molecule has 2 aromatic rings. The lowest BCUT2D eigenvalue weighted by Gasteiger charge is -2.37. The zero-order chi connectivity index (χ0) is 53.9. The molecule has 396 valence electrons. The van der Waals surface area contributed by atoms with Crippen molar-refractivity contribution in [3.63, 3.8) is 0 Å². The Labute approximate surface area is 452 Å². The summed E-state index contributed by atoms with van der Waals surface area (Å²) in [6.07, 6.45) is 14.4. The Balaban J connectivity index is 1.18. The van der Waals surface area contributed by atoms with Gasteiger partial charge in [-0.2, -0.15) is 5.26 Å². The molecule has 4 aliphatic rings. The van der Waals surface area contributed by atoms with E-state index in [-0.39, 0.29) is 75.7 Å². The second-order valence-corrected chi connectivity index (χ2v) is 21.9. The third-order valence-corrected chi connectivity index (χ3v) is 17.7. The highest BCUT2D eigenvalue weighted by molar-refractivity contribution is 8.25. The number of carbonyl (C=O) groups excluding carboxylic acids is 7. The van der Waals surface area contributed by atoms with Gasteiger partial charge in [0.15, 0.2) is 5.57 Å². The second kappa shape index (κ2) is 29.2. The number of thioether (sulfide) groups is 4. The van der Waals surface area contributed by atoms with Crippen LogP contribution in [-0.2, 0) is 62.0 Å². The molecule has 2 aliphatic carbocycles. The minimum atomic E-state index is -0.971. The van der Waals surface area contributed by atoms with Crippen molar-refractivity contribution < 1.29 is 71.5 Å². The van der Waals surface area contributed by atoms with Crippen molar-refractivity contribution >= 4 is 88.8 Å². The number of rotatable bonds is 24. The highest BCUT2D eigenvalue weighted by atomic mass is 32.2. The van der Waals surface area contributed by atoms with E-state index in [4.69, 9.17) is 44.5 Å². The van der Waals surface area contributed by atoms with Crippen molar-refractivity contribution in [2.24, 2.45) is 17.8 Å².